The van der Waals surface area contributed by atoms with Crippen LogP contribution in [0.4, 0.5) is 0 Å². The maximum absolute atomic E-state index is 12.6. The second kappa shape index (κ2) is 7.32. The van der Waals surface area contributed by atoms with Crippen molar-refractivity contribution in [1.29, 1.82) is 0 Å². The maximum atomic E-state index is 12.6. The van der Waals surface area contributed by atoms with Crippen molar-refractivity contribution in [2.24, 2.45) is 11.3 Å². The van der Waals surface area contributed by atoms with Gasteiger partial charge in [0.1, 0.15) is 0 Å². The molecule has 1 aliphatic carbocycles. The van der Waals surface area contributed by atoms with E-state index in [9.17, 15) is 4.79 Å². The highest BCUT2D eigenvalue weighted by atomic mass is 32.1. The predicted octanol–water partition coefficient (Wildman–Crippen LogP) is 2.62. The molecule has 3 rings (SSSR count). The molecule has 1 aliphatic heterocycles. The Balaban J connectivity index is 1.62. The molecule has 0 saturated carbocycles. The van der Waals surface area contributed by atoms with Gasteiger partial charge in [0.2, 0.25) is 0 Å². The van der Waals surface area contributed by atoms with Crippen molar-refractivity contribution in [1.82, 2.24) is 10.6 Å². The minimum atomic E-state index is 0.0844. The number of thiophene rings is 1. The van der Waals surface area contributed by atoms with Gasteiger partial charge in [-0.25, -0.2) is 0 Å². The third kappa shape index (κ3) is 3.95. The average Bonchev–Trinajstić information content (AvgIpc) is 2.97. The van der Waals surface area contributed by atoms with Crippen LogP contribution < -0.4 is 10.6 Å². The molecule has 1 unspecified atom stereocenters. The molecular formula is C18H28N2O2S. The highest BCUT2D eigenvalue weighted by molar-refractivity contribution is 7.14. The normalized spacial score (nSPS) is 23.3. The lowest BCUT2D eigenvalue weighted by atomic mass is 9.79. The first-order valence-electron chi connectivity index (χ1n) is 8.71. The topological polar surface area (TPSA) is 50.4 Å². The van der Waals surface area contributed by atoms with Gasteiger partial charge in [-0.1, -0.05) is 6.92 Å². The number of nitrogens with one attached hydrogen (secondary N) is 2. The lowest BCUT2D eigenvalue weighted by Gasteiger charge is -2.37. The number of hydrogen-bond acceptors (Lipinski definition) is 4. The number of piperidine rings is 1. The molecule has 128 valence electrons. The summed E-state index contributed by atoms with van der Waals surface area (Å²) in [6.45, 7) is 5.73. The van der Waals surface area contributed by atoms with Crippen molar-refractivity contribution < 1.29 is 9.53 Å². The number of carbonyl (C=O) groups is 1. The van der Waals surface area contributed by atoms with Crippen LogP contribution in [0.15, 0.2) is 6.07 Å². The molecule has 0 radical (unpaired) electrons. The first-order chi connectivity index (χ1) is 11.1. The number of rotatable bonds is 5. The molecule has 0 bridgehead atoms. The second-order valence-corrected chi connectivity index (χ2v) is 8.41. The monoisotopic (exact) mass is 336 g/mol. The Morgan fingerprint density at radius 3 is 3.00 bits per heavy atom. The maximum Gasteiger partial charge on any atom is 0.261 e. The van der Waals surface area contributed by atoms with Gasteiger partial charge in [-0.2, -0.15) is 0 Å². The zero-order chi connectivity index (χ0) is 16.3. The van der Waals surface area contributed by atoms with Crippen LogP contribution in [0.3, 0.4) is 0 Å². The van der Waals surface area contributed by atoms with Crippen molar-refractivity contribution in [3.05, 3.63) is 21.4 Å². The highest BCUT2D eigenvalue weighted by Gasteiger charge is 2.33. The molecule has 1 aromatic heterocycles. The van der Waals surface area contributed by atoms with Crippen LogP contribution in [0.25, 0.3) is 0 Å². The van der Waals surface area contributed by atoms with Gasteiger partial charge in [-0.3, -0.25) is 4.79 Å². The molecule has 1 saturated heterocycles. The van der Waals surface area contributed by atoms with E-state index < -0.39 is 0 Å². The minimum Gasteiger partial charge on any atom is -0.384 e. The van der Waals surface area contributed by atoms with Gasteiger partial charge in [-0.15, -0.1) is 11.3 Å². The Morgan fingerprint density at radius 2 is 2.26 bits per heavy atom. The molecule has 0 spiro atoms. The molecule has 1 aromatic rings. The molecule has 1 atom stereocenters. The van der Waals surface area contributed by atoms with Crippen molar-refractivity contribution in [2.45, 2.75) is 39.0 Å². The first-order valence-corrected chi connectivity index (χ1v) is 9.53. The van der Waals surface area contributed by atoms with E-state index in [0.717, 1.165) is 49.6 Å². The van der Waals surface area contributed by atoms with Gasteiger partial charge >= 0.3 is 0 Å². The molecule has 1 fully saturated rings. The number of carbonyl (C=O) groups excluding carboxylic acids is 1. The number of fused-ring (bicyclic) bond motifs is 1. The van der Waals surface area contributed by atoms with E-state index in [4.69, 9.17) is 4.74 Å². The summed E-state index contributed by atoms with van der Waals surface area (Å²) < 4.78 is 5.42. The summed E-state index contributed by atoms with van der Waals surface area (Å²) in [5, 5.41) is 6.57. The molecule has 0 aromatic carbocycles. The van der Waals surface area contributed by atoms with Gasteiger partial charge in [0.05, 0.1) is 11.5 Å². The lowest BCUT2D eigenvalue weighted by molar-refractivity contribution is 0.0512. The van der Waals surface area contributed by atoms with Crippen LogP contribution in [0, 0.1) is 11.3 Å². The predicted molar refractivity (Wildman–Crippen MR) is 94.3 cm³/mol. The number of aryl methyl sites for hydroxylation is 1. The Bertz CT molecular complexity index is 544. The van der Waals surface area contributed by atoms with E-state index >= 15 is 0 Å². The standard InChI is InChI=1S/C18H28N2O2S/c1-13-3-4-15-14(9-13)10-16(23-15)17(21)20-11-18(12-22-2)5-7-19-8-6-18/h10,13,19H,3-9,11-12H2,1-2H3,(H,20,21). The molecule has 2 aliphatic rings. The number of ether oxygens (including phenoxy) is 1. The van der Waals surface area contributed by atoms with Gasteiger partial charge in [0.25, 0.3) is 5.91 Å². The van der Waals surface area contributed by atoms with Crippen molar-refractivity contribution in [2.75, 3.05) is 33.4 Å². The van der Waals surface area contributed by atoms with E-state index in [2.05, 4.69) is 23.6 Å². The van der Waals surface area contributed by atoms with Gasteiger partial charge in [0.15, 0.2) is 0 Å². The van der Waals surface area contributed by atoms with Crippen LogP contribution in [0.1, 0.15) is 46.3 Å². The Labute approximate surface area is 143 Å². The second-order valence-electron chi connectivity index (χ2n) is 7.27. The van der Waals surface area contributed by atoms with Crippen LogP contribution in [0.2, 0.25) is 0 Å². The van der Waals surface area contributed by atoms with E-state index in [1.807, 2.05) is 0 Å². The number of amides is 1. The zero-order valence-corrected chi connectivity index (χ0v) is 15.1. The summed E-state index contributed by atoms with van der Waals surface area (Å²) in [5.41, 5.74) is 1.48. The van der Waals surface area contributed by atoms with E-state index in [1.165, 1.54) is 16.9 Å². The lowest BCUT2D eigenvalue weighted by Crippen LogP contribution is -2.47. The largest absolute Gasteiger partial charge is 0.384 e. The van der Waals surface area contributed by atoms with Crippen LogP contribution in [-0.4, -0.2) is 39.3 Å². The van der Waals surface area contributed by atoms with Crippen molar-refractivity contribution in [3.8, 4) is 0 Å². The summed E-state index contributed by atoms with van der Waals surface area (Å²) >= 11 is 1.69. The first kappa shape index (κ1) is 16.9. The number of methoxy groups -OCH3 is 1. The number of hydrogen-bond donors (Lipinski definition) is 2. The van der Waals surface area contributed by atoms with Gasteiger partial charge in [-0.05, 0) is 62.7 Å². The summed E-state index contributed by atoms with van der Waals surface area (Å²) in [7, 11) is 1.75. The molecule has 1 amide bonds. The molecule has 23 heavy (non-hydrogen) atoms. The van der Waals surface area contributed by atoms with Gasteiger partial charge in [0, 0.05) is 23.9 Å². The van der Waals surface area contributed by atoms with Crippen LogP contribution >= 0.6 is 11.3 Å². The Hall–Kier alpha value is -0.910. The summed E-state index contributed by atoms with van der Waals surface area (Å²) in [5.74, 6) is 0.832. The zero-order valence-electron chi connectivity index (χ0n) is 14.2. The van der Waals surface area contributed by atoms with E-state index in [1.54, 1.807) is 18.4 Å². The van der Waals surface area contributed by atoms with Gasteiger partial charge < -0.3 is 15.4 Å². The fourth-order valence-electron chi connectivity index (χ4n) is 3.81. The molecule has 2 N–H and O–H groups in total. The van der Waals surface area contributed by atoms with Crippen LogP contribution in [-0.2, 0) is 17.6 Å². The molecule has 4 nitrogen and oxygen atoms in total. The average molecular weight is 337 g/mol. The summed E-state index contributed by atoms with van der Waals surface area (Å²) in [4.78, 5) is 14.9. The third-order valence-corrected chi connectivity index (χ3v) is 6.53. The SMILES string of the molecule is COCC1(CNC(=O)c2cc3c(s2)CCC(C)C3)CCNCC1. The smallest absolute Gasteiger partial charge is 0.261 e. The molecule has 2 heterocycles. The minimum absolute atomic E-state index is 0.0844. The Kier molecular flexibility index (Phi) is 5.39. The van der Waals surface area contributed by atoms with Crippen LogP contribution in [0.5, 0.6) is 0 Å². The summed E-state index contributed by atoms with van der Waals surface area (Å²) in [6.07, 6.45) is 5.61. The van der Waals surface area contributed by atoms with E-state index in [0.29, 0.717) is 13.2 Å². The highest BCUT2D eigenvalue weighted by Crippen LogP contribution is 2.33. The third-order valence-electron chi connectivity index (χ3n) is 5.29. The van der Waals surface area contributed by atoms with Crippen molar-refractivity contribution >= 4 is 17.2 Å². The fourth-order valence-corrected chi connectivity index (χ4v) is 4.93. The Morgan fingerprint density at radius 1 is 1.48 bits per heavy atom. The van der Waals surface area contributed by atoms with E-state index in [-0.39, 0.29) is 11.3 Å². The van der Waals surface area contributed by atoms with Crippen molar-refractivity contribution in [3.63, 3.8) is 0 Å². The molecular weight excluding hydrogens is 308 g/mol. The molecule has 5 heteroatoms. The summed E-state index contributed by atoms with van der Waals surface area (Å²) in [6, 6.07) is 2.12. The quantitative estimate of drug-likeness (QED) is 0.869. The fraction of sp³-hybridized carbons (Fsp3) is 0.722.